The number of hydrogen-bond acceptors (Lipinski definition) is 2. The predicted molar refractivity (Wildman–Crippen MR) is 66.0 cm³/mol. The van der Waals surface area contributed by atoms with E-state index in [1.165, 1.54) is 12.1 Å². The summed E-state index contributed by atoms with van der Waals surface area (Å²) in [5.74, 6) is -0.927. The molecular formula is C11H12Cl2FNO2. The summed E-state index contributed by atoms with van der Waals surface area (Å²) in [6.45, 7) is 0.0570. The fourth-order valence-electron chi connectivity index (χ4n) is 1.25. The van der Waals surface area contributed by atoms with E-state index in [9.17, 15) is 9.18 Å². The Morgan fingerprint density at radius 3 is 2.41 bits per heavy atom. The van der Waals surface area contributed by atoms with E-state index in [1.807, 2.05) is 0 Å². The molecule has 2 N–H and O–H groups in total. The molecule has 0 radical (unpaired) electrons. The van der Waals surface area contributed by atoms with Crippen molar-refractivity contribution in [3.8, 4) is 0 Å². The molecule has 0 spiro atoms. The van der Waals surface area contributed by atoms with Crippen molar-refractivity contribution in [3.63, 3.8) is 0 Å². The van der Waals surface area contributed by atoms with Crippen molar-refractivity contribution in [1.29, 1.82) is 0 Å². The first-order valence-corrected chi connectivity index (χ1v) is 5.85. The van der Waals surface area contributed by atoms with Crippen LogP contribution in [0.15, 0.2) is 12.1 Å². The molecule has 0 aliphatic carbocycles. The van der Waals surface area contributed by atoms with Crippen molar-refractivity contribution >= 4 is 34.8 Å². The van der Waals surface area contributed by atoms with Gasteiger partial charge in [-0.3, -0.25) is 4.79 Å². The third-order valence-corrected chi connectivity index (χ3v) is 2.63. The van der Waals surface area contributed by atoms with Crippen LogP contribution in [0.2, 0.25) is 10.0 Å². The number of carbonyl (C=O) groups excluding carboxylic acids is 1. The van der Waals surface area contributed by atoms with Gasteiger partial charge in [0.2, 0.25) is 5.91 Å². The van der Waals surface area contributed by atoms with E-state index in [2.05, 4.69) is 5.32 Å². The van der Waals surface area contributed by atoms with E-state index < -0.39 is 5.82 Å². The summed E-state index contributed by atoms with van der Waals surface area (Å²) in [6.07, 6.45) is 1.44. The van der Waals surface area contributed by atoms with Gasteiger partial charge in [0.25, 0.3) is 0 Å². The van der Waals surface area contributed by atoms with Crippen molar-refractivity contribution in [1.82, 2.24) is 0 Å². The summed E-state index contributed by atoms with van der Waals surface area (Å²) < 4.78 is 13.1. The Kier molecular flexibility index (Phi) is 5.68. The van der Waals surface area contributed by atoms with Gasteiger partial charge in [0.05, 0.1) is 10.0 Å². The molecule has 3 nitrogen and oxygen atoms in total. The fraction of sp³-hybridized carbons (Fsp3) is 0.364. The van der Waals surface area contributed by atoms with Gasteiger partial charge in [-0.05, 0) is 25.0 Å². The molecule has 0 aliphatic rings. The zero-order valence-electron chi connectivity index (χ0n) is 8.97. The second kappa shape index (κ2) is 6.79. The average Bonchev–Trinajstić information content (AvgIpc) is 2.26. The van der Waals surface area contributed by atoms with Crippen molar-refractivity contribution < 1.29 is 14.3 Å². The molecule has 0 aliphatic heterocycles. The number of halogens is 3. The van der Waals surface area contributed by atoms with Gasteiger partial charge in [0.15, 0.2) is 5.82 Å². The van der Waals surface area contributed by atoms with Crippen LogP contribution in [0.5, 0.6) is 0 Å². The monoisotopic (exact) mass is 279 g/mol. The minimum Gasteiger partial charge on any atom is -0.396 e. The van der Waals surface area contributed by atoms with Crippen LogP contribution in [0.3, 0.4) is 0 Å². The Bertz CT molecular complexity index is 389. The van der Waals surface area contributed by atoms with Gasteiger partial charge in [-0.1, -0.05) is 23.2 Å². The first kappa shape index (κ1) is 14.2. The van der Waals surface area contributed by atoms with E-state index in [0.29, 0.717) is 18.5 Å². The highest BCUT2D eigenvalue weighted by atomic mass is 35.5. The molecule has 6 heteroatoms. The van der Waals surface area contributed by atoms with Gasteiger partial charge in [0, 0.05) is 18.7 Å². The van der Waals surface area contributed by atoms with Crippen molar-refractivity contribution in [3.05, 3.63) is 28.0 Å². The lowest BCUT2D eigenvalue weighted by Gasteiger charge is -2.07. The highest BCUT2D eigenvalue weighted by Crippen LogP contribution is 2.27. The summed E-state index contributed by atoms with van der Waals surface area (Å²) >= 11 is 11.2. The smallest absolute Gasteiger partial charge is 0.224 e. The molecule has 0 bridgehead atoms. The van der Waals surface area contributed by atoms with E-state index in [4.69, 9.17) is 28.3 Å². The standard InChI is InChI=1S/C11H12Cl2FNO2/c12-8-5-7(6-9(13)11(8)14)15-10(17)3-1-2-4-16/h5-6,16H,1-4H2,(H,15,17). The molecule has 1 rings (SSSR count). The molecule has 94 valence electrons. The Morgan fingerprint density at radius 2 is 1.88 bits per heavy atom. The van der Waals surface area contributed by atoms with Crippen LogP contribution in [0.1, 0.15) is 19.3 Å². The minimum atomic E-state index is -0.702. The van der Waals surface area contributed by atoms with Crippen molar-refractivity contribution in [2.75, 3.05) is 11.9 Å². The third-order valence-electron chi connectivity index (χ3n) is 2.08. The lowest BCUT2D eigenvalue weighted by molar-refractivity contribution is -0.116. The number of hydrogen-bond donors (Lipinski definition) is 2. The number of nitrogens with one attached hydrogen (secondary N) is 1. The second-order valence-electron chi connectivity index (χ2n) is 3.48. The number of unbranched alkanes of at least 4 members (excludes halogenated alkanes) is 1. The summed E-state index contributed by atoms with van der Waals surface area (Å²) in [7, 11) is 0. The van der Waals surface area contributed by atoms with Crippen LogP contribution < -0.4 is 5.32 Å². The molecule has 1 amide bonds. The summed E-state index contributed by atoms with van der Waals surface area (Å²) in [6, 6.07) is 2.60. The summed E-state index contributed by atoms with van der Waals surface area (Å²) in [4.78, 5) is 11.4. The fourth-order valence-corrected chi connectivity index (χ4v) is 1.74. The molecule has 0 fully saturated rings. The second-order valence-corrected chi connectivity index (χ2v) is 4.30. The molecule has 0 atom stereocenters. The van der Waals surface area contributed by atoms with Crippen LogP contribution in [-0.2, 0) is 4.79 Å². The zero-order chi connectivity index (χ0) is 12.8. The Labute approximate surface area is 109 Å². The van der Waals surface area contributed by atoms with Gasteiger partial charge in [-0.2, -0.15) is 0 Å². The van der Waals surface area contributed by atoms with Gasteiger partial charge in [-0.25, -0.2) is 4.39 Å². The van der Waals surface area contributed by atoms with Crippen LogP contribution in [0, 0.1) is 5.82 Å². The minimum absolute atomic E-state index is 0.0570. The quantitative estimate of drug-likeness (QED) is 0.642. The molecule has 0 saturated heterocycles. The highest BCUT2D eigenvalue weighted by molar-refractivity contribution is 6.35. The zero-order valence-corrected chi connectivity index (χ0v) is 10.5. The number of carbonyl (C=O) groups is 1. The maximum atomic E-state index is 13.1. The van der Waals surface area contributed by atoms with E-state index in [1.54, 1.807) is 0 Å². The third kappa shape index (κ3) is 4.50. The largest absolute Gasteiger partial charge is 0.396 e. The lowest BCUT2D eigenvalue weighted by atomic mass is 10.2. The average molecular weight is 280 g/mol. The maximum absolute atomic E-state index is 13.1. The van der Waals surface area contributed by atoms with E-state index >= 15 is 0 Å². The first-order valence-electron chi connectivity index (χ1n) is 5.10. The Hall–Kier alpha value is -0.840. The Balaban J connectivity index is 2.60. The molecule has 0 unspecified atom stereocenters. The first-order chi connectivity index (χ1) is 8.04. The van der Waals surface area contributed by atoms with Gasteiger partial charge in [0.1, 0.15) is 0 Å². The van der Waals surface area contributed by atoms with Gasteiger partial charge >= 0.3 is 0 Å². The predicted octanol–water partition coefficient (Wildman–Crippen LogP) is 3.23. The molecule has 1 aromatic carbocycles. The lowest BCUT2D eigenvalue weighted by Crippen LogP contribution is -2.11. The molecule has 0 heterocycles. The number of aliphatic hydroxyl groups is 1. The Morgan fingerprint density at radius 1 is 1.29 bits per heavy atom. The topological polar surface area (TPSA) is 49.3 Å². The molecule has 0 aromatic heterocycles. The number of amides is 1. The van der Waals surface area contributed by atoms with E-state index in [0.717, 1.165) is 0 Å². The van der Waals surface area contributed by atoms with Crippen molar-refractivity contribution in [2.45, 2.75) is 19.3 Å². The van der Waals surface area contributed by atoms with Crippen molar-refractivity contribution in [2.24, 2.45) is 0 Å². The molecular weight excluding hydrogens is 268 g/mol. The number of rotatable bonds is 5. The van der Waals surface area contributed by atoms with Crippen LogP contribution in [-0.4, -0.2) is 17.6 Å². The number of anilines is 1. The van der Waals surface area contributed by atoms with Gasteiger partial charge in [-0.15, -0.1) is 0 Å². The summed E-state index contributed by atoms with van der Waals surface area (Å²) in [5, 5.41) is 10.8. The summed E-state index contributed by atoms with van der Waals surface area (Å²) in [5.41, 5.74) is 0.357. The van der Waals surface area contributed by atoms with Crippen LogP contribution >= 0.6 is 23.2 Å². The van der Waals surface area contributed by atoms with E-state index in [-0.39, 0.29) is 29.0 Å². The number of benzene rings is 1. The molecule has 1 aromatic rings. The van der Waals surface area contributed by atoms with Gasteiger partial charge < -0.3 is 10.4 Å². The maximum Gasteiger partial charge on any atom is 0.224 e. The highest BCUT2D eigenvalue weighted by Gasteiger charge is 2.09. The molecule has 0 saturated carbocycles. The number of aliphatic hydroxyl groups excluding tert-OH is 1. The molecule has 17 heavy (non-hydrogen) atoms. The van der Waals surface area contributed by atoms with Crippen LogP contribution in [0.25, 0.3) is 0 Å². The van der Waals surface area contributed by atoms with Crippen LogP contribution in [0.4, 0.5) is 10.1 Å². The normalized spacial score (nSPS) is 10.4. The SMILES string of the molecule is O=C(CCCCO)Nc1cc(Cl)c(F)c(Cl)c1.